The minimum absolute atomic E-state index is 0.630. The van der Waals surface area contributed by atoms with E-state index >= 15 is 0 Å². The predicted molar refractivity (Wildman–Crippen MR) is 110 cm³/mol. The second-order valence-electron chi connectivity index (χ2n) is 5.55. The molecule has 0 atom stereocenters. The SMILES string of the molecule is CCN(CC)Cc1ccccc1CNC(=S)Nc1cccc(Br)c1. The summed E-state index contributed by atoms with van der Waals surface area (Å²) in [5, 5.41) is 7.15. The molecule has 0 saturated carbocycles. The molecule has 2 rings (SSSR count). The van der Waals surface area contributed by atoms with Gasteiger partial charge in [-0.2, -0.15) is 0 Å². The van der Waals surface area contributed by atoms with Crippen molar-refractivity contribution in [2.75, 3.05) is 18.4 Å². The number of anilines is 1. The van der Waals surface area contributed by atoms with E-state index in [1.807, 2.05) is 24.3 Å². The van der Waals surface area contributed by atoms with Crippen molar-refractivity contribution in [3.8, 4) is 0 Å². The fourth-order valence-corrected chi connectivity index (χ4v) is 3.08. The standard InChI is InChI=1S/C19H24BrN3S/c1-3-23(4-2)14-16-9-6-5-8-15(16)13-21-19(24)22-18-11-7-10-17(20)12-18/h5-12H,3-4,13-14H2,1-2H3,(H2,21,22,24). The molecule has 0 heterocycles. The third kappa shape index (κ3) is 5.89. The molecule has 2 N–H and O–H groups in total. The normalized spacial score (nSPS) is 10.7. The maximum atomic E-state index is 5.41. The van der Waals surface area contributed by atoms with E-state index in [-0.39, 0.29) is 0 Å². The van der Waals surface area contributed by atoms with Crippen molar-refractivity contribution in [2.45, 2.75) is 26.9 Å². The summed E-state index contributed by atoms with van der Waals surface area (Å²) < 4.78 is 1.03. The molecule has 2 aromatic rings. The fraction of sp³-hybridized carbons (Fsp3) is 0.316. The summed E-state index contributed by atoms with van der Waals surface area (Å²) in [4.78, 5) is 2.41. The van der Waals surface area contributed by atoms with Gasteiger partial charge in [0.2, 0.25) is 0 Å². The van der Waals surface area contributed by atoms with Crippen molar-refractivity contribution in [1.29, 1.82) is 0 Å². The van der Waals surface area contributed by atoms with Crippen LogP contribution in [-0.4, -0.2) is 23.1 Å². The van der Waals surface area contributed by atoms with Crippen LogP contribution in [0.1, 0.15) is 25.0 Å². The van der Waals surface area contributed by atoms with Crippen LogP contribution in [0.25, 0.3) is 0 Å². The van der Waals surface area contributed by atoms with E-state index in [0.29, 0.717) is 5.11 Å². The van der Waals surface area contributed by atoms with Gasteiger partial charge in [0.1, 0.15) is 0 Å². The Balaban J connectivity index is 1.95. The molecule has 5 heteroatoms. The molecule has 0 amide bonds. The Hall–Kier alpha value is -1.43. The molecule has 0 saturated heterocycles. The summed E-state index contributed by atoms with van der Waals surface area (Å²) >= 11 is 8.87. The zero-order valence-corrected chi connectivity index (χ0v) is 16.6. The van der Waals surface area contributed by atoms with Gasteiger partial charge in [-0.05, 0) is 54.6 Å². The van der Waals surface area contributed by atoms with E-state index in [0.717, 1.165) is 36.3 Å². The van der Waals surface area contributed by atoms with Gasteiger partial charge in [-0.3, -0.25) is 4.90 Å². The maximum Gasteiger partial charge on any atom is 0.171 e. The first-order chi connectivity index (χ1) is 11.6. The topological polar surface area (TPSA) is 27.3 Å². The van der Waals surface area contributed by atoms with Crippen molar-refractivity contribution in [1.82, 2.24) is 10.2 Å². The monoisotopic (exact) mass is 405 g/mol. The van der Waals surface area contributed by atoms with E-state index in [2.05, 4.69) is 69.6 Å². The third-order valence-corrected chi connectivity index (χ3v) is 4.67. The minimum atomic E-state index is 0.630. The van der Waals surface area contributed by atoms with E-state index in [9.17, 15) is 0 Å². The van der Waals surface area contributed by atoms with Crippen LogP contribution in [0.3, 0.4) is 0 Å². The Morgan fingerprint density at radius 2 is 1.75 bits per heavy atom. The number of hydrogen-bond donors (Lipinski definition) is 2. The lowest BCUT2D eigenvalue weighted by Gasteiger charge is -2.20. The Morgan fingerprint density at radius 3 is 2.42 bits per heavy atom. The van der Waals surface area contributed by atoms with Crippen LogP contribution in [0.15, 0.2) is 53.0 Å². The fourth-order valence-electron chi connectivity index (χ4n) is 2.49. The number of hydrogen-bond acceptors (Lipinski definition) is 2. The molecule has 0 radical (unpaired) electrons. The zero-order valence-electron chi connectivity index (χ0n) is 14.2. The molecule has 0 aliphatic heterocycles. The van der Waals surface area contributed by atoms with Crippen LogP contribution in [0.5, 0.6) is 0 Å². The Bertz CT molecular complexity index is 671. The molecule has 2 aromatic carbocycles. The summed E-state index contributed by atoms with van der Waals surface area (Å²) in [6.45, 7) is 8.19. The number of halogens is 1. The van der Waals surface area contributed by atoms with E-state index in [4.69, 9.17) is 12.2 Å². The molecule has 0 aliphatic carbocycles. The number of nitrogens with one attached hydrogen (secondary N) is 2. The average Bonchev–Trinajstić information content (AvgIpc) is 2.58. The number of benzene rings is 2. The quantitative estimate of drug-likeness (QED) is 0.648. The highest BCUT2D eigenvalue weighted by Crippen LogP contribution is 2.16. The van der Waals surface area contributed by atoms with E-state index in [1.165, 1.54) is 11.1 Å². The molecule has 128 valence electrons. The molecule has 3 nitrogen and oxygen atoms in total. The Labute approximate surface area is 158 Å². The van der Waals surface area contributed by atoms with Crippen molar-refractivity contribution in [2.24, 2.45) is 0 Å². The van der Waals surface area contributed by atoms with E-state index in [1.54, 1.807) is 0 Å². The molecular formula is C19H24BrN3S. The largest absolute Gasteiger partial charge is 0.358 e. The zero-order chi connectivity index (χ0) is 17.4. The Kier molecular flexibility index (Phi) is 7.69. The minimum Gasteiger partial charge on any atom is -0.358 e. The van der Waals surface area contributed by atoms with Crippen molar-refractivity contribution in [3.05, 3.63) is 64.1 Å². The Morgan fingerprint density at radius 1 is 1.04 bits per heavy atom. The lowest BCUT2D eigenvalue weighted by molar-refractivity contribution is 0.295. The predicted octanol–water partition coefficient (Wildman–Crippen LogP) is 4.78. The van der Waals surface area contributed by atoms with Gasteiger partial charge >= 0.3 is 0 Å². The van der Waals surface area contributed by atoms with Gasteiger partial charge in [0.25, 0.3) is 0 Å². The molecule has 0 unspecified atom stereocenters. The second-order valence-corrected chi connectivity index (χ2v) is 6.87. The highest BCUT2D eigenvalue weighted by Gasteiger charge is 2.07. The van der Waals surface area contributed by atoms with Gasteiger partial charge in [0, 0.05) is 23.2 Å². The molecule has 0 spiro atoms. The highest BCUT2D eigenvalue weighted by molar-refractivity contribution is 9.10. The molecule has 24 heavy (non-hydrogen) atoms. The lowest BCUT2D eigenvalue weighted by atomic mass is 10.1. The van der Waals surface area contributed by atoms with Crippen molar-refractivity contribution >= 4 is 38.9 Å². The molecule has 0 aromatic heterocycles. The van der Waals surface area contributed by atoms with Gasteiger partial charge in [-0.1, -0.05) is 60.1 Å². The molecule has 0 fully saturated rings. The number of rotatable bonds is 7. The smallest absolute Gasteiger partial charge is 0.171 e. The molecular weight excluding hydrogens is 382 g/mol. The molecule has 0 aliphatic rings. The summed E-state index contributed by atoms with van der Waals surface area (Å²) in [5.74, 6) is 0. The van der Waals surface area contributed by atoms with Crippen molar-refractivity contribution < 1.29 is 0 Å². The van der Waals surface area contributed by atoms with Gasteiger partial charge in [-0.15, -0.1) is 0 Å². The van der Waals surface area contributed by atoms with Crippen LogP contribution >= 0.6 is 28.1 Å². The highest BCUT2D eigenvalue weighted by atomic mass is 79.9. The lowest BCUT2D eigenvalue weighted by Crippen LogP contribution is -2.29. The average molecular weight is 406 g/mol. The molecule has 0 bridgehead atoms. The van der Waals surface area contributed by atoms with Crippen LogP contribution in [0.4, 0.5) is 5.69 Å². The van der Waals surface area contributed by atoms with Gasteiger partial charge in [0.15, 0.2) is 5.11 Å². The van der Waals surface area contributed by atoms with Crippen molar-refractivity contribution in [3.63, 3.8) is 0 Å². The summed E-state index contributed by atoms with van der Waals surface area (Å²) in [5.41, 5.74) is 3.60. The summed E-state index contributed by atoms with van der Waals surface area (Å²) in [6, 6.07) is 16.5. The third-order valence-electron chi connectivity index (χ3n) is 3.93. The number of nitrogens with zero attached hydrogens (tertiary/aromatic N) is 1. The van der Waals surface area contributed by atoms with Gasteiger partial charge in [0.05, 0.1) is 0 Å². The van der Waals surface area contributed by atoms with Crippen LogP contribution in [0.2, 0.25) is 0 Å². The summed E-state index contributed by atoms with van der Waals surface area (Å²) in [7, 11) is 0. The second kappa shape index (κ2) is 9.77. The van der Waals surface area contributed by atoms with Gasteiger partial charge in [-0.25, -0.2) is 0 Å². The first-order valence-electron chi connectivity index (χ1n) is 8.22. The van der Waals surface area contributed by atoms with Crippen LogP contribution in [-0.2, 0) is 13.1 Å². The first kappa shape index (κ1) is 18.9. The van der Waals surface area contributed by atoms with E-state index < -0.39 is 0 Å². The first-order valence-corrected chi connectivity index (χ1v) is 9.42. The van der Waals surface area contributed by atoms with Crippen LogP contribution < -0.4 is 10.6 Å². The summed E-state index contributed by atoms with van der Waals surface area (Å²) in [6.07, 6.45) is 0. The van der Waals surface area contributed by atoms with Gasteiger partial charge < -0.3 is 10.6 Å². The number of thiocarbonyl (C=S) groups is 1. The maximum absolute atomic E-state index is 5.41. The van der Waals surface area contributed by atoms with Crippen LogP contribution in [0, 0.1) is 0 Å².